The fourth-order valence-electron chi connectivity index (χ4n) is 2.12. The summed E-state index contributed by atoms with van der Waals surface area (Å²) >= 11 is 1.59. The van der Waals surface area contributed by atoms with Crippen LogP contribution in [0.25, 0.3) is 5.69 Å². The van der Waals surface area contributed by atoms with Crippen LogP contribution in [0, 0.1) is 13.8 Å². The molecular weight excluding hydrogens is 296 g/mol. The number of phenols is 1. The summed E-state index contributed by atoms with van der Waals surface area (Å²) in [6.45, 7) is 4.20. The highest BCUT2D eigenvalue weighted by Gasteiger charge is 2.10. The number of thioether (sulfide) groups is 1. The number of aromatic hydroxyl groups is 1. The Kier molecular flexibility index (Phi) is 4.11. The van der Waals surface area contributed by atoms with Crippen LogP contribution in [-0.4, -0.2) is 25.3 Å². The van der Waals surface area contributed by atoms with Crippen LogP contribution in [0.3, 0.4) is 0 Å². The molecule has 6 heteroatoms. The molecule has 1 heterocycles. The topological polar surface area (TPSA) is 63.8 Å². The maximum atomic E-state index is 9.37. The Morgan fingerprint density at radius 1 is 1.09 bits per heavy atom. The molecule has 0 aliphatic heterocycles. The average Bonchev–Trinajstić information content (AvgIpc) is 2.97. The maximum Gasteiger partial charge on any atom is 0.214 e. The van der Waals surface area contributed by atoms with E-state index in [9.17, 15) is 5.11 Å². The number of hydrogen-bond acceptors (Lipinski definition) is 5. The molecule has 1 N–H and O–H groups in total. The highest BCUT2D eigenvalue weighted by atomic mass is 32.2. The van der Waals surface area contributed by atoms with Crippen LogP contribution in [0.15, 0.2) is 47.6 Å². The van der Waals surface area contributed by atoms with Gasteiger partial charge in [-0.25, -0.2) is 0 Å². The monoisotopic (exact) mass is 312 g/mol. The number of tetrazole rings is 1. The van der Waals surface area contributed by atoms with Crippen molar-refractivity contribution in [3.8, 4) is 11.4 Å². The van der Waals surface area contributed by atoms with Crippen molar-refractivity contribution in [3.05, 3.63) is 59.2 Å². The molecule has 0 atom stereocenters. The molecule has 0 bridgehead atoms. The van der Waals surface area contributed by atoms with Gasteiger partial charge in [0.1, 0.15) is 5.75 Å². The highest BCUT2D eigenvalue weighted by Crippen LogP contribution is 2.25. The van der Waals surface area contributed by atoms with Crippen LogP contribution in [0.2, 0.25) is 0 Å². The quantitative estimate of drug-likeness (QED) is 0.749. The molecule has 1 aromatic heterocycles. The van der Waals surface area contributed by atoms with E-state index in [0.717, 1.165) is 16.6 Å². The average molecular weight is 312 g/mol. The molecule has 22 heavy (non-hydrogen) atoms. The molecule has 2 aromatic carbocycles. The van der Waals surface area contributed by atoms with Gasteiger partial charge in [-0.05, 0) is 59.7 Å². The van der Waals surface area contributed by atoms with Gasteiger partial charge >= 0.3 is 0 Å². The third kappa shape index (κ3) is 3.12. The molecule has 0 saturated heterocycles. The Hall–Kier alpha value is -2.34. The van der Waals surface area contributed by atoms with Crippen molar-refractivity contribution in [2.45, 2.75) is 24.8 Å². The first-order chi connectivity index (χ1) is 10.6. The molecule has 3 aromatic rings. The van der Waals surface area contributed by atoms with Crippen LogP contribution in [0.1, 0.15) is 16.7 Å². The van der Waals surface area contributed by atoms with Gasteiger partial charge in [-0.15, -0.1) is 5.10 Å². The summed E-state index contributed by atoms with van der Waals surface area (Å²) in [6.07, 6.45) is 0. The van der Waals surface area contributed by atoms with E-state index in [-0.39, 0.29) is 5.75 Å². The van der Waals surface area contributed by atoms with Crippen LogP contribution in [-0.2, 0) is 5.75 Å². The number of nitrogens with zero attached hydrogens (tertiary/aromatic N) is 4. The molecule has 0 amide bonds. The van der Waals surface area contributed by atoms with Crippen molar-refractivity contribution in [3.63, 3.8) is 0 Å². The zero-order valence-corrected chi connectivity index (χ0v) is 13.2. The standard InChI is InChI=1S/C16H16N4OS/c1-11-3-4-12(2)13(9-11)10-22-16-17-18-19-20(16)14-5-7-15(21)8-6-14/h3-9,21H,10H2,1-2H3. The van der Waals surface area contributed by atoms with Gasteiger partial charge in [0.2, 0.25) is 5.16 Å². The van der Waals surface area contributed by atoms with Gasteiger partial charge < -0.3 is 5.11 Å². The second kappa shape index (κ2) is 6.19. The number of rotatable bonds is 4. The zero-order chi connectivity index (χ0) is 15.5. The largest absolute Gasteiger partial charge is 0.508 e. The van der Waals surface area contributed by atoms with E-state index in [4.69, 9.17) is 0 Å². The second-order valence-electron chi connectivity index (χ2n) is 5.11. The predicted octanol–water partition coefficient (Wildman–Crippen LogP) is 3.28. The Morgan fingerprint density at radius 2 is 1.86 bits per heavy atom. The number of aryl methyl sites for hydroxylation is 2. The molecule has 0 saturated carbocycles. The van der Waals surface area contributed by atoms with E-state index in [0.29, 0.717) is 0 Å². The van der Waals surface area contributed by atoms with Gasteiger partial charge in [-0.3, -0.25) is 0 Å². The van der Waals surface area contributed by atoms with E-state index in [1.165, 1.54) is 16.7 Å². The molecule has 0 aliphatic carbocycles. The molecule has 0 spiro atoms. The van der Waals surface area contributed by atoms with Crippen molar-refractivity contribution in [1.29, 1.82) is 0 Å². The van der Waals surface area contributed by atoms with Gasteiger partial charge in [0, 0.05) is 5.75 Å². The fraction of sp³-hybridized carbons (Fsp3) is 0.188. The Labute approximate surface area is 133 Å². The van der Waals surface area contributed by atoms with E-state index >= 15 is 0 Å². The lowest BCUT2D eigenvalue weighted by Gasteiger charge is -2.07. The molecule has 0 aliphatic rings. The van der Waals surface area contributed by atoms with E-state index in [1.54, 1.807) is 40.7 Å². The zero-order valence-electron chi connectivity index (χ0n) is 12.4. The first-order valence-corrected chi connectivity index (χ1v) is 7.89. The minimum absolute atomic E-state index is 0.224. The Morgan fingerprint density at radius 3 is 2.64 bits per heavy atom. The van der Waals surface area contributed by atoms with E-state index in [2.05, 4.69) is 47.6 Å². The van der Waals surface area contributed by atoms with Gasteiger partial charge in [-0.2, -0.15) is 4.68 Å². The van der Waals surface area contributed by atoms with Crippen molar-refractivity contribution in [2.24, 2.45) is 0 Å². The third-order valence-electron chi connectivity index (χ3n) is 3.40. The second-order valence-corrected chi connectivity index (χ2v) is 6.05. The first-order valence-electron chi connectivity index (χ1n) is 6.90. The fourth-order valence-corrected chi connectivity index (χ4v) is 3.08. The van der Waals surface area contributed by atoms with Crippen molar-refractivity contribution >= 4 is 11.8 Å². The van der Waals surface area contributed by atoms with Crippen LogP contribution >= 0.6 is 11.8 Å². The summed E-state index contributed by atoms with van der Waals surface area (Å²) < 4.78 is 1.68. The van der Waals surface area contributed by atoms with E-state index < -0.39 is 0 Å². The lowest BCUT2D eigenvalue weighted by molar-refractivity contribution is 0.475. The number of benzene rings is 2. The van der Waals surface area contributed by atoms with Crippen LogP contribution in [0.4, 0.5) is 0 Å². The summed E-state index contributed by atoms with van der Waals surface area (Å²) in [5.41, 5.74) is 4.62. The minimum atomic E-state index is 0.224. The van der Waals surface area contributed by atoms with Crippen LogP contribution < -0.4 is 0 Å². The van der Waals surface area contributed by atoms with Crippen molar-refractivity contribution in [1.82, 2.24) is 20.2 Å². The lowest BCUT2D eigenvalue weighted by atomic mass is 10.1. The van der Waals surface area contributed by atoms with Gasteiger partial charge in [0.05, 0.1) is 5.69 Å². The highest BCUT2D eigenvalue weighted by molar-refractivity contribution is 7.98. The van der Waals surface area contributed by atoms with E-state index in [1.807, 2.05) is 0 Å². The molecule has 0 radical (unpaired) electrons. The van der Waals surface area contributed by atoms with Crippen LogP contribution in [0.5, 0.6) is 5.75 Å². The molecule has 5 nitrogen and oxygen atoms in total. The molecule has 0 fully saturated rings. The summed E-state index contributed by atoms with van der Waals surface area (Å²) in [6, 6.07) is 13.3. The van der Waals surface area contributed by atoms with Gasteiger partial charge in [0.25, 0.3) is 0 Å². The predicted molar refractivity (Wildman–Crippen MR) is 86.3 cm³/mol. The van der Waals surface area contributed by atoms with Crippen molar-refractivity contribution in [2.75, 3.05) is 0 Å². The third-order valence-corrected chi connectivity index (χ3v) is 4.36. The number of hydrogen-bond donors (Lipinski definition) is 1. The summed E-state index contributed by atoms with van der Waals surface area (Å²) in [5, 5.41) is 22.0. The Bertz CT molecular complexity index is 783. The molecule has 3 rings (SSSR count). The summed E-state index contributed by atoms with van der Waals surface area (Å²) in [5.74, 6) is 1.04. The van der Waals surface area contributed by atoms with Gasteiger partial charge in [0.15, 0.2) is 0 Å². The van der Waals surface area contributed by atoms with Gasteiger partial charge in [-0.1, -0.05) is 35.5 Å². The number of phenolic OH excluding ortho intramolecular Hbond substituents is 1. The number of aromatic nitrogens is 4. The maximum absolute atomic E-state index is 9.37. The normalized spacial score (nSPS) is 10.8. The summed E-state index contributed by atoms with van der Waals surface area (Å²) in [7, 11) is 0. The molecule has 0 unspecified atom stereocenters. The Balaban J connectivity index is 1.81. The van der Waals surface area contributed by atoms with Crippen molar-refractivity contribution < 1.29 is 5.11 Å². The first kappa shape index (κ1) is 14.6. The smallest absolute Gasteiger partial charge is 0.214 e. The molecule has 112 valence electrons. The minimum Gasteiger partial charge on any atom is -0.508 e. The SMILES string of the molecule is Cc1ccc(C)c(CSc2nnnn2-c2ccc(O)cc2)c1. The summed E-state index contributed by atoms with van der Waals surface area (Å²) in [4.78, 5) is 0. The molecular formula is C16H16N4OS. The lowest BCUT2D eigenvalue weighted by Crippen LogP contribution is -1.99.